The van der Waals surface area contributed by atoms with Crippen LogP contribution in [0.4, 0.5) is 23.7 Å². The van der Waals surface area contributed by atoms with Gasteiger partial charge in [-0.15, -0.1) is 0 Å². The van der Waals surface area contributed by atoms with Gasteiger partial charge in [-0.25, -0.2) is 4.79 Å². The van der Waals surface area contributed by atoms with E-state index in [1.807, 2.05) is 0 Å². The highest BCUT2D eigenvalue weighted by Gasteiger charge is 2.51. The fourth-order valence-electron chi connectivity index (χ4n) is 2.47. The predicted molar refractivity (Wildman–Crippen MR) is 81.8 cm³/mol. The Morgan fingerprint density at radius 2 is 1.43 bits per heavy atom. The highest BCUT2D eigenvalue weighted by atomic mass is 19.4. The van der Waals surface area contributed by atoms with E-state index in [9.17, 15) is 28.2 Å². The molecule has 0 heterocycles. The number of benzene rings is 1. The zero-order valence-corrected chi connectivity index (χ0v) is 14.0. The number of alkyl halides is 3. The number of hydrogen-bond acceptors (Lipinski definition) is 2. The molecule has 0 saturated heterocycles. The molecule has 1 rings (SSSR count). The Hall–Kier alpha value is -1.76. The van der Waals surface area contributed by atoms with E-state index in [-0.39, 0.29) is 5.56 Å². The standard InChI is InChI=1S/C16H22F3NO3/c1-9-7-11(15(6,23)16(17,18)19)8-10(2)12(9)20(13(21)22)14(3,4)5/h7-8,23H,1-6H3,(H,21,22). The summed E-state index contributed by atoms with van der Waals surface area (Å²) in [7, 11) is 0. The second-order valence-corrected chi connectivity index (χ2v) is 6.82. The first-order valence-corrected chi connectivity index (χ1v) is 7.04. The summed E-state index contributed by atoms with van der Waals surface area (Å²) in [5, 5.41) is 19.3. The maximum atomic E-state index is 13.0. The van der Waals surface area contributed by atoms with Gasteiger partial charge in [-0.1, -0.05) is 12.1 Å². The molecule has 130 valence electrons. The van der Waals surface area contributed by atoms with Crippen LogP contribution in [0.15, 0.2) is 12.1 Å². The Morgan fingerprint density at radius 1 is 1.04 bits per heavy atom. The Kier molecular flexibility index (Phi) is 4.78. The smallest absolute Gasteiger partial charge is 0.421 e. The summed E-state index contributed by atoms with van der Waals surface area (Å²) < 4.78 is 39.0. The molecule has 1 aromatic rings. The molecule has 4 nitrogen and oxygen atoms in total. The third-order valence-electron chi connectivity index (χ3n) is 3.69. The molecule has 0 bridgehead atoms. The van der Waals surface area contributed by atoms with Crippen LogP contribution in [0.25, 0.3) is 0 Å². The summed E-state index contributed by atoms with van der Waals surface area (Å²) in [5.74, 6) is 0. The molecule has 0 aliphatic heterocycles. The number of halogens is 3. The molecule has 0 aliphatic carbocycles. The SMILES string of the molecule is Cc1cc(C(C)(O)C(F)(F)F)cc(C)c1N(C(=O)O)C(C)(C)C. The van der Waals surface area contributed by atoms with Crippen LogP contribution in [0, 0.1) is 13.8 Å². The van der Waals surface area contributed by atoms with E-state index in [0.717, 1.165) is 4.90 Å². The number of nitrogens with zero attached hydrogens (tertiary/aromatic N) is 1. The fraction of sp³-hybridized carbons (Fsp3) is 0.562. The summed E-state index contributed by atoms with van der Waals surface area (Å²) in [6.45, 7) is 8.82. The van der Waals surface area contributed by atoms with Crippen molar-refractivity contribution in [3.63, 3.8) is 0 Å². The van der Waals surface area contributed by atoms with Crippen LogP contribution in [0.5, 0.6) is 0 Å². The minimum Gasteiger partial charge on any atom is -0.465 e. The number of rotatable bonds is 2. The van der Waals surface area contributed by atoms with Crippen molar-refractivity contribution < 1.29 is 28.2 Å². The van der Waals surface area contributed by atoms with E-state index >= 15 is 0 Å². The first-order chi connectivity index (χ1) is 10.1. The average molecular weight is 333 g/mol. The Bertz CT molecular complexity index is 593. The minimum atomic E-state index is -4.83. The largest absolute Gasteiger partial charge is 0.465 e. The third-order valence-corrected chi connectivity index (χ3v) is 3.69. The molecule has 0 saturated carbocycles. The third kappa shape index (κ3) is 3.60. The van der Waals surface area contributed by atoms with Crippen molar-refractivity contribution in [3.8, 4) is 0 Å². The van der Waals surface area contributed by atoms with Gasteiger partial charge >= 0.3 is 12.3 Å². The number of aliphatic hydroxyl groups is 1. The molecule has 2 N–H and O–H groups in total. The molecule has 0 aliphatic rings. The summed E-state index contributed by atoms with van der Waals surface area (Å²) in [5.41, 5.74) is -3.06. The number of hydrogen-bond donors (Lipinski definition) is 2. The van der Waals surface area contributed by atoms with Crippen LogP contribution in [0.3, 0.4) is 0 Å². The molecular formula is C16H22F3NO3. The van der Waals surface area contributed by atoms with E-state index in [0.29, 0.717) is 23.7 Å². The first kappa shape index (κ1) is 19.3. The molecule has 23 heavy (non-hydrogen) atoms. The molecule has 1 aromatic carbocycles. The van der Waals surface area contributed by atoms with Gasteiger partial charge in [0.05, 0.1) is 5.69 Å². The van der Waals surface area contributed by atoms with Gasteiger partial charge in [0.1, 0.15) is 0 Å². The van der Waals surface area contributed by atoms with E-state index in [2.05, 4.69) is 0 Å². The molecule has 1 unspecified atom stereocenters. The summed E-state index contributed by atoms with van der Waals surface area (Å²) in [6.07, 6.45) is -6.02. The highest BCUT2D eigenvalue weighted by Crippen LogP contribution is 2.41. The van der Waals surface area contributed by atoms with Crippen LogP contribution in [0.1, 0.15) is 44.4 Å². The zero-order chi connectivity index (χ0) is 18.4. The van der Waals surface area contributed by atoms with Crippen LogP contribution >= 0.6 is 0 Å². The number of carboxylic acid groups (broad SMARTS) is 1. The lowest BCUT2D eigenvalue weighted by molar-refractivity contribution is -0.258. The van der Waals surface area contributed by atoms with Crippen molar-refractivity contribution in [2.45, 2.75) is 58.9 Å². The van der Waals surface area contributed by atoms with Crippen molar-refractivity contribution >= 4 is 11.8 Å². The normalized spacial score (nSPS) is 15.2. The van der Waals surface area contributed by atoms with Crippen LogP contribution in [-0.4, -0.2) is 28.0 Å². The maximum Gasteiger partial charge on any atom is 0.421 e. The van der Waals surface area contributed by atoms with Gasteiger partial charge in [0.25, 0.3) is 0 Å². The maximum absolute atomic E-state index is 13.0. The Morgan fingerprint density at radius 3 is 1.70 bits per heavy atom. The van der Waals surface area contributed by atoms with Gasteiger partial charge in [-0.2, -0.15) is 13.2 Å². The number of carbonyl (C=O) groups is 1. The number of anilines is 1. The van der Waals surface area contributed by atoms with Crippen molar-refractivity contribution in [2.75, 3.05) is 4.90 Å². The van der Waals surface area contributed by atoms with Crippen molar-refractivity contribution in [2.24, 2.45) is 0 Å². The quantitative estimate of drug-likeness (QED) is 0.845. The second kappa shape index (κ2) is 5.70. The zero-order valence-electron chi connectivity index (χ0n) is 14.0. The summed E-state index contributed by atoms with van der Waals surface area (Å²) in [6, 6.07) is 2.36. The molecule has 1 amide bonds. The van der Waals surface area contributed by atoms with Crippen molar-refractivity contribution in [1.82, 2.24) is 0 Å². The van der Waals surface area contributed by atoms with Crippen LogP contribution < -0.4 is 4.90 Å². The van der Waals surface area contributed by atoms with E-state index in [1.54, 1.807) is 20.8 Å². The predicted octanol–water partition coefficient (Wildman–Crippen LogP) is 4.36. The minimum absolute atomic E-state index is 0.317. The fourth-order valence-corrected chi connectivity index (χ4v) is 2.47. The van der Waals surface area contributed by atoms with E-state index in [4.69, 9.17) is 0 Å². The molecule has 0 radical (unpaired) electrons. The highest BCUT2D eigenvalue weighted by molar-refractivity contribution is 5.90. The van der Waals surface area contributed by atoms with Crippen LogP contribution in [-0.2, 0) is 5.60 Å². The molecule has 0 fully saturated rings. The second-order valence-electron chi connectivity index (χ2n) is 6.82. The number of aryl methyl sites for hydroxylation is 2. The number of amides is 1. The summed E-state index contributed by atoms with van der Waals surface area (Å²) in [4.78, 5) is 12.7. The van der Waals surface area contributed by atoms with Crippen LogP contribution in [0.2, 0.25) is 0 Å². The lowest BCUT2D eigenvalue weighted by Crippen LogP contribution is -2.46. The van der Waals surface area contributed by atoms with E-state index in [1.165, 1.54) is 26.0 Å². The molecule has 1 atom stereocenters. The molecule has 0 spiro atoms. The molecule has 0 aromatic heterocycles. The summed E-state index contributed by atoms with van der Waals surface area (Å²) >= 11 is 0. The van der Waals surface area contributed by atoms with Crippen molar-refractivity contribution in [1.29, 1.82) is 0 Å². The van der Waals surface area contributed by atoms with Gasteiger partial charge in [0, 0.05) is 5.54 Å². The Balaban J connectivity index is 3.57. The van der Waals surface area contributed by atoms with Gasteiger partial charge in [0.15, 0.2) is 5.60 Å². The van der Waals surface area contributed by atoms with E-state index < -0.39 is 23.4 Å². The van der Waals surface area contributed by atoms with Gasteiger partial charge in [-0.3, -0.25) is 4.90 Å². The van der Waals surface area contributed by atoms with Gasteiger partial charge < -0.3 is 10.2 Å². The first-order valence-electron chi connectivity index (χ1n) is 7.04. The lowest BCUT2D eigenvalue weighted by atomic mass is 9.90. The Labute approximate surface area is 133 Å². The van der Waals surface area contributed by atoms with Crippen molar-refractivity contribution in [3.05, 3.63) is 28.8 Å². The topological polar surface area (TPSA) is 60.8 Å². The average Bonchev–Trinajstić information content (AvgIpc) is 2.29. The monoisotopic (exact) mass is 333 g/mol. The molecular weight excluding hydrogens is 311 g/mol. The van der Waals surface area contributed by atoms with Gasteiger partial charge in [0.2, 0.25) is 0 Å². The lowest BCUT2D eigenvalue weighted by Gasteiger charge is -2.36. The molecule has 7 heteroatoms. The van der Waals surface area contributed by atoms with Gasteiger partial charge in [-0.05, 0) is 58.2 Å².